The Balaban J connectivity index is 1.30. The summed E-state index contributed by atoms with van der Waals surface area (Å²) >= 11 is 0. The Labute approximate surface area is 183 Å². The molecule has 0 N–H and O–H groups in total. The Bertz CT molecular complexity index is 958. The molecule has 0 spiro atoms. The largest absolute Gasteiger partial charge is 0.416 e. The molecule has 4 rings (SSSR count). The lowest BCUT2D eigenvalue weighted by molar-refractivity contribution is -0.137. The molecule has 2 heterocycles. The molecule has 2 aliphatic rings. The molecule has 1 aromatic heterocycles. The highest BCUT2D eigenvalue weighted by Crippen LogP contribution is 2.32. The van der Waals surface area contributed by atoms with E-state index < -0.39 is 11.7 Å². The van der Waals surface area contributed by atoms with Crippen LogP contribution in [0.1, 0.15) is 35.3 Å². The maximum atomic E-state index is 13.0. The van der Waals surface area contributed by atoms with Crippen LogP contribution in [0.3, 0.4) is 0 Å². The first-order valence-corrected chi connectivity index (χ1v) is 10.6. The molecule has 32 heavy (non-hydrogen) atoms. The molecule has 0 atom stereocenters. The van der Waals surface area contributed by atoms with Gasteiger partial charge >= 0.3 is 6.18 Å². The predicted molar refractivity (Wildman–Crippen MR) is 111 cm³/mol. The quantitative estimate of drug-likeness (QED) is 0.681. The van der Waals surface area contributed by atoms with Crippen LogP contribution in [0.4, 0.5) is 18.9 Å². The van der Waals surface area contributed by atoms with Gasteiger partial charge in [-0.1, -0.05) is 6.07 Å². The number of aromatic nitrogens is 2. The summed E-state index contributed by atoms with van der Waals surface area (Å²) in [5.74, 6) is -0.283. The van der Waals surface area contributed by atoms with Crippen LogP contribution in [0.15, 0.2) is 42.9 Å². The molecule has 10 heteroatoms. The van der Waals surface area contributed by atoms with Crippen LogP contribution < -0.4 is 4.90 Å². The number of halogens is 3. The zero-order valence-corrected chi connectivity index (χ0v) is 17.5. The fourth-order valence-corrected chi connectivity index (χ4v) is 3.86. The summed E-state index contributed by atoms with van der Waals surface area (Å²) < 4.78 is 38.9. The molecule has 1 saturated carbocycles. The van der Waals surface area contributed by atoms with Crippen molar-refractivity contribution in [3.8, 4) is 0 Å². The molecule has 0 unspecified atom stereocenters. The monoisotopic (exact) mass is 447 g/mol. The van der Waals surface area contributed by atoms with Gasteiger partial charge in [-0.05, 0) is 31.0 Å². The van der Waals surface area contributed by atoms with E-state index in [-0.39, 0.29) is 30.0 Å². The number of hydrogen-bond acceptors (Lipinski definition) is 5. The number of rotatable bonds is 6. The van der Waals surface area contributed by atoms with E-state index in [9.17, 15) is 22.8 Å². The molecule has 0 bridgehead atoms. The van der Waals surface area contributed by atoms with E-state index in [1.807, 2.05) is 4.90 Å². The smallest absolute Gasteiger partial charge is 0.368 e. The van der Waals surface area contributed by atoms with Crippen molar-refractivity contribution in [2.45, 2.75) is 31.5 Å². The molecule has 1 aliphatic heterocycles. The molecule has 170 valence electrons. The normalized spacial score (nSPS) is 16.7. The molecular weight excluding hydrogens is 423 g/mol. The number of carbonyl (C=O) groups excluding carboxylic acids is 2. The van der Waals surface area contributed by atoms with Gasteiger partial charge in [-0.3, -0.25) is 14.6 Å². The molecule has 1 saturated heterocycles. The fourth-order valence-electron chi connectivity index (χ4n) is 3.86. The van der Waals surface area contributed by atoms with Crippen LogP contribution in [-0.4, -0.2) is 70.3 Å². The predicted octanol–water partition coefficient (Wildman–Crippen LogP) is 2.84. The van der Waals surface area contributed by atoms with Gasteiger partial charge in [0, 0.05) is 63.3 Å². The van der Waals surface area contributed by atoms with Gasteiger partial charge in [-0.2, -0.15) is 13.2 Å². The highest BCUT2D eigenvalue weighted by Gasteiger charge is 2.34. The number of piperazine rings is 1. The SMILES string of the molecule is O=C(CCN(C(=O)c1cnccn1)C1CC1)N1CCN(c2cccc(C(F)(F)F)c2)CC1. The van der Waals surface area contributed by atoms with Crippen LogP contribution in [0.5, 0.6) is 0 Å². The summed E-state index contributed by atoms with van der Waals surface area (Å²) in [5.41, 5.74) is 0.0874. The molecule has 1 aromatic carbocycles. The summed E-state index contributed by atoms with van der Waals surface area (Å²) in [5, 5.41) is 0. The van der Waals surface area contributed by atoms with E-state index in [2.05, 4.69) is 9.97 Å². The van der Waals surface area contributed by atoms with E-state index in [1.54, 1.807) is 15.9 Å². The van der Waals surface area contributed by atoms with E-state index >= 15 is 0 Å². The van der Waals surface area contributed by atoms with Crippen molar-refractivity contribution in [2.75, 3.05) is 37.6 Å². The van der Waals surface area contributed by atoms with E-state index in [4.69, 9.17) is 0 Å². The maximum absolute atomic E-state index is 13.0. The Morgan fingerprint density at radius 3 is 2.47 bits per heavy atom. The average Bonchev–Trinajstić information content (AvgIpc) is 3.64. The van der Waals surface area contributed by atoms with Crippen molar-refractivity contribution in [2.24, 2.45) is 0 Å². The van der Waals surface area contributed by atoms with Gasteiger partial charge in [-0.15, -0.1) is 0 Å². The Hall–Kier alpha value is -3.17. The number of alkyl halides is 3. The average molecular weight is 447 g/mol. The summed E-state index contributed by atoms with van der Waals surface area (Å²) in [4.78, 5) is 38.7. The van der Waals surface area contributed by atoms with Gasteiger partial charge in [0.1, 0.15) is 5.69 Å². The van der Waals surface area contributed by atoms with Gasteiger partial charge < -0.3 is 14.7 Å². The van der Waals surface area contributed by atoms with Crippen LogP contribution in [0.25, 0.3) is 0 Å². The first-order chi connectivity index (χ1) is 15.3. The highest BCUT2D eigenvalue weighted by molar-refractivity contribution is 5.92. The third-order valence-corrected chi connectivity index (χ3v) is 5.77. The van der Waals surface area contributed by atoms with Gasteiger partial charge in [0.05, 0.1) is 11.8 Å². The minimum Gasteiger partial charge on any atom is -0.368 e. The third-order valence-electron chi connectivity index (χ3n) is 5.77. The maximum Gasteiger partial charge on any atom is 0.416 e. The second kappa shape index (κ2) is 9.13. The van der Waals surface area contributed by atoms with Crippen molar-refractivity contribution < 1.29 is 22.8 Å². The van der Waals surface area contributed by atoms with Crippen molar-refractivity contribution in [1.82, 2.24) is 19.8 Å². The van der Waals surface area contributed by atoms with Gasteiger partial charge in [-0.25, -0.2) is 4.98 Å². The minimum atomic E-state index is -4.38. The zero-order valence-electron chi connectivity index (χ0n) is 17.5. The number of anilines is 1. The number of carbonyl (C=O) groups is 2. The van der Waals surface area contributed by atoms with E-state index in [0.717, 1.165) is 25.0 Å². The molecule has 0 radical (unpaired) electrons. The summed E-state index contributed by atoms with van der Waals surface area (Å²) in [7, 11) is 0. The van der Waals surface area contributed by atoms with Crippen molar-refractivity contribution >= 4 is 17.5 Å². The Kier molecular flexibility index (Phi) is 6.29. The highest BCUT2D eigenvalue weighted by atomic mass is 19.4. The number of nitrogens with zero attached hydrogens (tertiary/aromatic N) is 5. The third kappa shape index (κ3) is 5.17. The fraction of sp³-hybridized carbons (Fsp3) is 0.455. The van der Waals surface area contributed by atoms with Crippen molar-refractivity contribution in [3.63, 3.8) is 0 Å². The van der Waals surface area contributed by atoms with Crippen LogP contribution >= 0.6 is 0 Å². The number of hydrogen-bond donors (Lipinski definition) is 0. The van der Waals surface area contributed by atoms with Crippen molar-refractivity contribution in [1.29, 1.82) is 0 Å². The first kappa shape index (κ1) is 22.0. The van der Waals surface area contributed by atoms with E-state index in [1.165, 1.54) is 24.7 Å². The second-order valence-corrected chi connectivity index (χ2v) is 7.99. The van der Waals surface area contributed by atoms with Crippen LogP contribution in [0.2, 0.25) is 0 Å². The van der Waals surface area contributed by atoms with Crippen LogP contribution in [0, 0.1) is 0 Å². The summed E-state index contributed by atoms with van der Waals surface area (Å²) in [6, 6.07) is 5.38. The topological polar surface area (TPSA) is 69.6 Å². The Morgan fingerprint density at radius 1 is 1.09 bits per heavy atom. The lowest BCUT2D eigenvalue weighted by Gasteiger charge is -2.36. The van der Waals surface area contributed by atoms with Crippen LogP contribution in [-0.2, 0) is 11.0 Å². The summed E-state index contributed by atoms with van der Waals surface area (Å²) in [6.07, 6.45) is 2.03. The number of benzene rings is 1. The van der Waals surface area contributed by atoms with Gasteiger partial charge in [0.15, 0.2) is 0 Å². The van der Waals surface area contributed by atoms with Gasteiger partial charge in [0.25, 0.3) is 5.91 Å². The molecule has 7 nitrogen and oxygen atoms in total. The molecule has 1 aliphatic carbocycles. The first-order valence-electron chi connectivity index (χ1n) is 10.6. The minimum absolute atomic E-state index is 0.0636. The lowest BCUT2D eigenvalue weighted by atomic mass is 10.1. The second-order valence-electron chi connectivity index (χ2n) is 7.99. The zero-order chi connectivity index (χ0) is 22.7. The molecule has 2 fully saturated rings. The molecule has 2 amide bonds. The lowest BCUT2D eigenvalue weighted by Crippen LogP contribution is -2.49. The van der Waals surface area contributed by atoms with E-state index in [0.29, 0.717) is 38.4 Å². The summed E-state index contributed by atoms with van der Waals surface area (Å²) in [6.45, 7) is 2.08. The molecular formula is C22H24F3N5O2. The standard InChI is InChI=1S/C22H24F3N5O2/c23-22(24,25)16-2-1-3-18(14-16)28-10-12-29(13-11-28)20(31)6-9-30(17-4-5-17)21(32)19-15-26-7-8-27-19/h1-3,7-8,14-15,17H,4-6,9-13H2. The molecule has 2 aromatic rings. The van der Waals surface area contributed by atoms with Crippen molar-refractivity contribution in [3.05, 3.63) is 54.1 Å². The Morgan fingerprint density at radius 2 is 1.84 bits per heavy atom. The number of amides is 2. The van der Waals surface area contributed by atoms with Gasteiger partial charge in [0.2, 0.25) is 5.91 Å².